The number of benzene rings is 1. The summed E-state index contributed by atoms with van der Waals surface area (Å²) in [5, 5.41) is 3.33. The van der Waals surface area contributed by atoms with Crippen molar-refractivity contribution < 1.29 is 4.39 Å². The topological polar surface area (TPSA) is 15.3 Å². The lowest BCUT2D eigenvalue weighted by Gasteiger charge is -2.25. The molecule has 3 heteroatoms. The molecule has 0 heterocycles. The number of nitrogens with one attached hydrogen (secondary N) is 1. The number of hydrogen-bond acceptors (Lipinski definition) is 2. The van der Waals surface area contributed by atoms with Crippen LogP contribution in [0.25, 0.3) is 0 Å². The zero-order valence-electron chi connectivity index (χ0n) is 10.5. The lowest BCUT2D eigenvalue weighted by Crippen LogP contribution is -2.31. The van der Waals surface area contributed by atoms with Gasteiger partial charge in [0.05, 0.1) is 0 Å². The molecule has 2 nitrogen and oxygen atoms in total. The van der Waals surface area contributed by atoms with Crippen LogP contribution in [-0.4, -0.2) is 32.1 Å². The van der Waals surface area contributed by atoms with E-state index in [1.54, 1.807) is 13.0 Å². The van der Waals surface area contributed by atoms with Crippen LogP contribution in [-0.2, 0) is 0 Å². The Morgan fingerprint density at radius 1 is 1.38 bits per heavy atom. The molecule has 0 spiro atoms. The lowest BCUT2D eigenvalue weighted by atomic mass is 10.0. The van der Waals surface area contributed by atoms with Crippen molar-refractivity contribution in [2.75, 3.05) is 27.2 Å². The van der Waals surface area contributed by atoms with E-state index in [0.29, 0.717) is 11.6 Å². The molecule has 0 aromatic heterocycles. The second-order valence-electron chi connectivity index (χ2n) is 4.30. The summed E-state index contributed by atoms with van der Waals surface area (Å²) in [4.78, 5) is 2.15. The van der Waals surface area contributed by atoms with E-state index in [9.17, 15) is 4.39 Å². The first-order valence-electron chi connectivity index (χ1n) is 5.69. The molecular weight excluding hydrogens is 203 g/mol. The first-order chi connectivity index (χ1) is 7.56. The van der Waals surface area contributed by atoms with Crippen LogP contribution in [0.15, 0.2) is 18.2 Å². The fraction of sp³-hybridized carbons (Fsp3) is 0.538. The Balaban J connectivity index is 2.88. The van der Waals surface area contributed by atoms with Crippen molar-refractivity contribution in [3.63, 3.8) is 0 Å². The molecule has 1 aromatic carbocycles. The Bertz CT molecular complexity index is 337. The van der Waals surface area contributed by atoms with Crippen molar-refractivity contribution in [1.82, 2.24) is 10.2 Å². The molecule has 16 heavy (non-hydrogen) atoms. The van der Waals surface area contributed by atoms with E-state index in [-0.39, 0.29) is 5.82 Å². The van der Waals surface area contributed by atoms with Gasteiger partial charge < -0.3 is 10.2 Å². The maximum atomic E-state index is 13.2. The van der Waals surface area contributed by atoms with E-state index in [4.69, 9.17) is 0 Å². The van der Waals surface area contributed by atoms with Gasteiger partial charge in [-0.3, -0.25) is 0 Å². The van der Waals surface area contributed by atoms with Gasteiger partial charge in [-0.1, -0.05) is 19.1 Å². The van der Waals surface area contributed by atoms with Crippen LogP contribution in [0.2, 0.25) is 0 Å². The minimum Gasteiger partial charge on any atom is -0.315 e. The molecule has 0 aliphatic heterocycles. The molecule has 0 radical (unpaired) electrons. The number of halogens is 1. The molecule has 1 atom stereocenters. The number of nitrogens with zero attached hydrogens (tertiary/aromatic N) is 1. The summed E-state index contributed by atoms with van der Waals surface area (Å²) in [6.45, 7) is 5.72. The molecule has 1 N–H and O–H groups in total. The number of aryl methyl sites for hydroxylation is 1. The van der Waals surface area contributed by atoms with E-state index in [1.807, 2.05) is 26.2 Å². The Kier molecular flexibility index (Phi) is 4.90. The predicted molar refractivity (Wildman–Crippen MR) is 66.1 cm³/mol. The Hall–Kier alpha value is -0.930. The fourth-order valence-corrected chi connectivity index (χ4v) is 1.75. The van der Waals surface area contributed by atoms with E-state index in [1.165, 1.54) is 0 Å². The molecule has 0 bridgehead atoms. The molecule has 0 aliphatic rings. The fourth-order valence-electron chi connectivity index (χ4n) is 1.75. The van der Waals surface area contributed by atoms with Gasteiger partial charge in [-0.2, -0.15) is 0 Å². The minimum absolute atomic E-state index is 0.135. The van der Waals surface area contributed by atoms with Gasteiger partial charge in [-0.05, 0) is 44.8 Å². The monoisotopic (exact) mass is 224 g/mol. The van der Waals surface area contributed by atoms with E-state index >= 15 is 0 Å². The molecule has 90 valence electrons. The van der Waals surface area contributed by atoms with Crippen molar-refractivity contribution in [2.45, 2.75) is 19.9 Å². The third-order valence-electron chi connectivity index (χ3n) is 2.78. The normalized spacial score (nSPS) is 13.1. The molecule has 1 aromatic rings. The summed E-state index contributed by atoms with van der Waals surface area (Å²) < 4.78 is 13.2. The third-order valence-corrected chi connectivity index (χ3v) is 2.78. The standard InChI is InChI=1S/C13H21FN2/c1-5-15-9-13(16(3)4)11-6-7-12(14)10(2)8-11/h6-8,13,15H,5,9H2,1-4H3. The largest absolute Gasteiger partial charge is 0.315 e. The van der Waals surface area contributed by atoms with E-state index in [0.717, 1.165) is 18.7 Å². The van der Waals surface area contributed by atoms with Gasteiger partial charge in [-0.25, -0.2) is 4.39 Å². The van der Waals surface area contributed by atoms with Crippen LogP contribution in [0, 0.1) is 12.7 Å². The lowest BCUT2D eigenvalue weighted by molar-refractivity contribution is 0.290. The van der Waals surface area contributed by atoms with Crippen molar-refractivity contribution in [3.05, 3.63) is 35.1 Å². The summed E-state index contributed by atoms with van der Waals surface area (Å²) in [7, 11) is 4.08. The zero-order chi connectivity index (χ0) is 12.1. The van der Waals surface area contributed by atoms with Gasteiger partial charge >= 0.3 is 0 Å². The van der Waals surface area contributed by atoms with Crippen molar-refractivity contribution >= 4 is 0 Å². The molecule has 1 unspecified atom stereocenters. The summed E-state index contributed by atoms with van der Waals surface area (Å²) in [6.07, 6.45) is 0. The van der Waals surface area contributed by atoms with Crippen LogP contribution < -0.4 is 5.32 Å². The maximum Gasteiger partial charge on any atom is 0.126 e. The Labute approximate surface area is 97.5 Å². The highest BCUT2D eigenvalue weighted by molar-refractivity contribution is 5.26. The molecular formula is C13H21FN2. The first kappa shape index (κ1) is 13.1. The molecule has 0 saturated carbocycles. The third kappa shape index (κ3) is 3.29. The molecule has 0 amide bonds. The van der Waals surface area contributed by atoms with Crippen LogP contribution in [0.4, 0.5) is 4.39 Å². The van der Waals surface area contributed by atoms with E-state index in [2.05, 4.69) is 17.1 Å². The van der Waals surface area contributed by atoms with Crippen molar-refractivity contribution in [3.8, 4) is 0 Å². The SMILES string of the molecule is CCNCC(c1ccc(F)c(C)c1)N(C)C. The van der Waals surface area contributed by atoms with Crippen LogP contribution in [0.1, 0.15) is 24.1 Å². The Morgan fingerprint density at radius 3 is 2.56 bits per heavy atom. The van der Waals surface area contributed by atoms with Gasteiger partial charge in [0, 0.05) is 12.6 Å². The highest BCUT2D eigenvalue weighted by Gasteiger charge is 2.14. The van der Waals surface area contributed by atoms with Crippen molar-refractivity contribution in [2.24, 2.45) is 0 Å². The van der Waals surface area contributed by atoms with Gasteiger partial charge in [0.1, 0.15) is 5.82 Å². The van der Waals surface area contributed by atoms with Crippen LogP contribution in [0.5, 0.6) is 0 Å². The van der Waals surface area contributed by atoms with Crippen LogP contribution in [0.3, 0.4) is 0 Å². The smallest absolute Gasteiger partial charge is 0.126 e. The van der Waals surface area contributed by atoms with Crippen molar-refractivity contribution in [1.29, 1.82) is 0 Å². The Morgan fingerprint density at radius 2 is 2.06 bits per heavy atom. The number of hydrogen-bond donors (Lipinski definition) is 1. The molecule has 0 fully saturated rings. The molecule has 0 aliphatic carbocycles. The minimum atomic E-state index is -0.135. The summed E-state index contributed by atoms with van der Waals surface area (Å²) in [5.74, 6) is -0.135. The number of rotatable bonds is 5. The summed E-state index contributed by atoms with van der Waals surface area (Å²) in [6, 6.07) is 5.63. The quantitative estimate of drug-likeness (QED) is 0.826. The summed E-state index contributed by atoms with van der Waals surface area (Å²) in [5.41, 5.74) is 1.87. The maximum absolute atomic E-state index is 13.2. The predicted octanol–water partition coefficient (Wildman–Crippen LogP) is 2.35. The van der Waals surface area contributed by atoms with Gasteiger partial charge in [0.2, 0.25) is 0 Å². The second-order valence-corrected chi connectivity index (χ2v) is 4.30. The summed E-state index contributed by atoms with van der Waals surface area (Å²) >= 11 is 0. The highest BCUT2D eigenvalue weighted by atomic mass is 19.1. The molecule has 0 saturated heterocycles. The van der Waals surface area contributed by atoms with Gasteiger partial charge in [0.25, 0.3) is 0 Å². The highest BCUT2D eigenvalue weighted by Crippen LogP contribution is 2.20. The van der Waals surface area contributed by atoms with Gasteiger partial charge in [-0.15, -0.1) is 0 Å². The second kappa shape index (κ2) is 5.97. The molecule has 1 rings (SSSR count). The van der Waals surface area contributed by atoms with Crippen LogP contribution >= 0.6 is 0 Å². The van der Waals surface area contributed by atoms with E-state index < -0.39 is 0 Å². The first-order valence-corrected chi connectivity index (χ1v) is 5.69. The van der Waals surface area contributed by atoms with Gasteiger partial charge in [0.15, 0.2) is 0 Å². The number of likely N-dealkylation sites (N-methyl/N-ethyl adjacent to an activating group) is 2. The average molecular weight is 224 g/mol. The average Bonchev–Trinajstić information content (AvgIpc) is 2.23. The zero-order valence-corrected chi connectivity index (χ0v) is 10.5.